The number of aliphatic hydroxyl groups is 1. The zero-order valence-corrected chi connectivity index (χ0v) is 41.9. The van der Waals surface area contributed by atoms with Crippen LogP contribution in [0.5, 0.6) is 0 Å². The molecule has 3 atom stereocenters. The van der Waals surface area contributed by atoms with Crippen LogP contribution in [0.3, 0.4) is 0 Å². The van der Waals surface area contributed by atoms with Gasteiger partial charge in [0.25, 0.3) is 0 Å². The molecule has 0 aliphatic heterocycles. The number of phosphoric ester groups is 1. The van der Waals surface area contributed by atoms with Gasteiger partial charge in [-0.25, -0.2) is 4.57 Å². The Morgan fingerprint density at radius 2 is 0.800 bits per heavy atom. The molecule has 1 amide bonds. The van der Waals surface area contributed by atoms with E-state index in [1.54, 1.807) is 0 Å². The summed E-state index contributed by atoms with van der Waals surface area (Å²) in [7, 11) is 1.62. The minimum atomic E-state index is -4.29. The summed E-state index contributed by atoms with van der Waals surface area (Å²) >= 11 is 0. The molecule has 0 aromatic heterocycles. The third-order valence-corrected chi connectivity index (χ3v) is 13.3. The van der Waals surface area contributed by atoms with Gasteiger partial charge in [-0.3, -0.25) is 13.8 Å². The normalized spacial score (nSPS) is 14.1. The van der Waals surface area contributed by atoms with Crippen molar-refractivity contribution in [3.63, 3.8) is 0 Å². The number of quaternary nitrogens is 1. The van der Waals surface area contributed by atoms with Crippen molar-refractivity contribution in [3.05, 3.63) is 0 Å². The van der Waals surface area contributed by atoms with Crippen molar-refractivity contribution < 1.29 is 32.9 Å². The highest BCUT2D eigenvalue weighted by molar-refractivity contribution is 7.47. The first-order valence-corrected chi connectivity index (χ1v) is 27.9. The van der Waals surface area contributed by atoms with Crippen LogP contribution in [0.4, 0.5) is 0 Å². The lowest BCUT2D eigenvalue weighted by Crippen LogP contribution is -2.46. The predicted octanol–water partition coefficient (Wildman–Crippen LogP) is 15.3. The van der Waals surface area contributed by atoms with Crippen LogP contribution in [0.1, 0.15) is 271 Å². The fourth-order valence-corrected chi connectivity index (χ4v) is 8.90. The highest BCUT2D eigenvalue weighted by Crippen LogP contribution is 2.43. The topological polar surface area (TPSA) is 105 Å². The fraction of sp³-hybridized carbons (Fsp3) is 0.980. The Kier molecular flexibility index (Phi) is 43.4. The van der Waals surface area contributed by atoms with Gasteiger partial charge in [0, 0.05) is 6.42 Å². The first-order chi connectivity index (χ1) is 29.0. The van der Waals surface area contributed by atoms with Crippen molar-refractivity contribution >= 4 is 13.7 Å². The first-order valence-electron chi connectivity index (χ1n) is 26.4. The van der Waals surface area contributed by atoms with E-state index in [1.165, 1.54) is 193 Å². The zero-order valence-electron chi connectivity index (χ0n) is 41.0. The number of nitrogens with one attached hydrogen (secondary N) is 1. The van der Waals surface area contributed by atoms with Crippen LogP contribution in [0.15, 0.2) is 0 Å². The SMILES string of the molecule is CCCCCCCCCCCCCCCCCCCCCCCCCCCCCCCCCCCC(=O)NC(COP(=O)(O)OCC[N+](C)(C)C)C(O)CCCCCCC. The maximum Gasteiger partial charge on any atom is 0.472 e. The largest absolute Gasteiger partial charge is 0.472 e. The summed E-state index contributed by atoms with van der Waals surface area (Å²) in [4.78, 5) is 23.0. The number of carbonyl (C=O) groups is 1. The van der Waals surface area contributed by atoms with Crippen molar-refractivity contribution in [3.8, 4) is 0 Å². The molecule has 60 heavy (non-hydrogen) atoms. The van der Waals surface area contributed by atoms with E-state index >= 15 is 0 Å². The number of nitrogens with zero attached hydrogens (tertiary/aromatic N) is 1. The third kappa shape index (κ3) is 45.5. The Balaban J connectivity index is 3.71. The van der Waals surface area contributed by atoms with Gasteiger partial charge >= 0.3 is 7.82 Å². The van der Waals surface area contributed by atoms with Gasteiger partial charge in [0.05, 0.1) is 39.9 Å². The van der Waals surface area contributed by atoms with E-state index in [-0.39, 0.29) is 19.1 Å². The van der Waals surface area contributed by atoms with E-state index in [9.17, 15) is 19.4 Å². The minimum absolute atomic E-state index is 0.0774. The molecule has 0 saturated carbocycles. The van der Waals surface area contributed by atoms with Crippen LogP contribution < -0.4 is 5.32 Å². The zero-order chi connectivity index (χ0) is 44.3. The maximum atomic E-state index is 12.8. The summed E-state index contributed by atoms with van der Waals surface area (Å²) in [6.07, 6.45) is 50.8. The lowest BCUT2D eigenvalue weighted by Gasteiger charge is -2.26. The molecule has 0 saturated heterocycles. The molecule has 0 rings (SSSR count). The standard InChI is InChI=1S/C51H105N2O6P/c1-6-8-10-12-13-14-15-16-17-18-19-20-21-22-23-24-25-26-27-28-29-30-31-32-33-34-35-36-37-38-39-41-43-45-51(55)52-49(50(54)44-42-40-11-9-7-2)48-59-60(56,57)58-47-46-53(3,4)5/h49-50,54H,6-48H2,1-5H3,(H-,52,55,56,57)/p+1. The molecule has 0 bridgehead atoms. The molecule has 8 nitrogen and oxygen atoms in total. The number of hydrogen-bond donors (Lipinski definition) is 3. The summed E-state index contributed by atoms with van der Waals surface area (Å²) < 4.78 is 23.5. The van der Waals surface area contributed by atoms with Crippen molar-refractivity contribution in [2.45, 2.75) is 283 Å². The van der Waals surface area contributed by atoms with E-state index in [4.69, 9.17) is 9.05 Å². The Hall–Kier alpha value is -0.500. The number of carbonyl (C=O) groups excluding carboxylic acids is 1. The Morgan fingerprint density at radius 3 is 1.12 bits per heavy atom. The van der Waals surface area contributed by atoms with Gasteiger partial charge in [-0.15, -0.1) is 0 Å². The molecule has 3 N–H and O–H groups in total. The second kappa shape index (κ2) is 43.7. The summed E-state index contributed by atoms with van der Waals surface area (Å²) in [6, 6.07) is -0.751. The minimum Gasteiger partial charge on any atom is -0.391 e. The molecular weight excluding hydrogens is 768 g/mol. The molecule has 360 valence electrons. The van der Waals surface area contributed by atoms with Gasteiger partial charge in [-0.05, 0) is 12.8 Å². The number of likely N-dealkylation sites (N-methyl/N-ethyl adjacent to an activating group) is 1. The average Bonchev–Trinajstić information content (AvgIpc) is 3.20. The number of amides is 1. The third-order valence-electron chi connectivity index (χ3n) is 12.4. The van der Waals surface area contributed by atoms with Gasteiger partial charge in [0.1, 0.15) is 13.2 Å². The molecule has 0 heterocycles. The molecule has 0 aromatic rings. The number of hydrogen-bond acceptors (Lipinski definition) is 5. The fourth-order valence-electron chi connectivity index (χ4n) is 8.17. The van der Waals surface area contributed by atoms with Gasteiger partial charge in [-0.2, -0.15) is 0 Å². The smallest absolute Gasteiger partial charge is 0.391 e. The average molecular weight is 874 g/mol. The van der Waals surface area contributed by atoms with Crippen LogP contribution in [-0.2, 0) is 18.4 Å². The Morgan fingerprint density at radius 1 is 0.500 bits per heavy atom. The molecule has 3 unspecified atom stereocenters. The predicted molar refractivity (Wildman–Crippen MR) is 259 cm³/mol. The number of unbranched alkanes of at least 4 members (excludes halogenated alkanes) is 36. The van der Waals surface area contributed by atoms with Crippen LogP contribution in [0, 0.1) is 0 Å². The highest BCUT2D eigenvalue weighted by Gasteiger charge is 2.28. The lowest BCUT2D eigenvalue weighted by atomic mass is 10.0. The van der Waals surface area contributed by atoms with E-state index in [0.717, 1.165) is 51.4 Å². The summed E-state index contributed by atoms with van der Waals surface area (Å²) in [6.45, 7) is 4.83. The van der Waals surface area contributed by atoms with Crippen LogP contribution >= 0.6 is 7.82 Å². The van der Waals surface area contributed by atoms with Gasteiger partial charge in [0.15, 0.2) is 0 Å². The molecule has 0 aliphatic rings. The van der Waals surface area contributed by atoms with Crippen molar-refractivity contribution in [2.75, 3.05) is 40.9 Å². The number of rotatable bonds is 49. The summed E-state index contributed by atoms with van der Waals surface area (Å²) in [5, 5.41) is 13.8. The van der Waals surface area contributed by atoms with E-state index in [2.05, 4.69) is 19.2 Å². The van der Waals surface area contributed by atoms with Crippen LogP contribution in [-0.4, -0.2) is 73.4 Å². The molecular formula is C51H106N2O6P+. The van der Waals surface area contributed by atoms with Crippen molar-refractivity contribution in [1.29, 1.82) is 0 Å². The Labute approximate surface area is 374 Å². The van der Waals surface area contributed by atoms with Gasteiger partial charge in [0.2, 0.25) is 5.91 Å². The number of aliphatic hydroxyl groups excluding tert-OH is 1. The molecule has 9 heteroatoms. The monoisotopic (exact) mass is 874 g/mol. The lowest BCUT2D eigenvalue weighted by molar-refractivity contribution is -0.870. The molecule has 0 spiro atoms. The van der Waals surface area contributed by atoms with Gasteiger partial charge in [-0.1, -0.05) is 251 Å². The second-order valence-electron chi connectivity index (χ2n) is 19.6. The van der Waals surface area contributed by atoms with E-state index in [0.29, 0.717) is 23.9 Å². The summed E-state index contributed by atoms with van der Waals surface area (Å²) in [5.41, 5.74) is 0. The van der Waals surface area contributed by atoms with Gasteiger partial charge < -0.3 is 19.8 Å². The second-order valence-corrected chi connectivity index (χ2v) is 21.1. The van der Waals surface area contributed by atoms with E-state index < -0.39 is 20.0 Å². The quantitative estimate of drug-likeness (QED) is 0.0319. The first kappa shape index (κ1) is 59.5. The molecule has 0 aromatic carbocycles. The van der Waals surface area contributed by atoms with Crippen LogP contribution in [0.2, 0.25) is 0 Å². The Bertz CT molecular complexity index is 947. The molecule has 0 aliphatic carbocycles. The highest BCUT2D eigenvalue weighted by atomic mass is 31.2. The number of phosphoric acid groups is 1. The van der Waals surface area contributed by atoms with Crippen molar-refractivity contribution in [1.82, 2.24) is 5.32 Å². The van der Waals surface area contributed by atoms with Crippen molar-refractivity contribution in [2.24, 2.45) is 0 Å². The molecule has 0 fully saturated rings. The molecule has 0 radical (unpaired) electrons. The van der Waals surface area contributed by atoms with Crippen LogP contribution in [0.25, 0.3) is 0 Å². The van der Waals surface area contributed by atoms with E-state index in [1.807, 2.05) is 21.1 Å². The summed E-state index contributed by atoms with van der Waals surface area (Å²) in [5.74, 6) is -0.145. The maximum absolute atomic E-state index is 12.8.